The fourth-order valence-corrected chi connectivity index (χ4v) is 0.740. The highest BCUT2D eigenvalue weighted by atomic mass is 16.4. The van der Waals surface area contributed by atoms with Gasteiger partial charge >= 0.3 is 11.9 Å². The van der Waals surface area contributed by atoms with Crippen molar-refractivity contribution in [1.82, 2.24) is 4.98 Å². The quantitative estimate of drug-likeness (QED) is 0.148. The molecule has 0 aromatic carbocycles. The molecule has 9 nitrogen and oxygen atoms in total. The predicted octanol–water partition coefficient (Wildman–Crippen LogP) is -4.64. The fourth-order valence-electron chi connectivity index (χ4n) is 0.740. The van der Waals surface area contributed by atoms with E-state index in [9.17, 15) is 14.7 Å². The van der Waals surface area contributed by atoms with Gasteiger partial charge in [-0.15, -0.1) is 0 Å². The SMILES string of the molecule is N[NH+]=C(N)N.O=C([O-])c1cccnc1C(=O)O. The highest BCUT2D eigenvalue weighted by Crippen LogP contribution is 2.03. The smallest absolute Gasteiger partial charge is 0.360 e. The summed E-state index contributed by atoms with van der Waals surface area (Å²) in [6, 6.07) is 2.46. The lowest BCUT2D eigenvalue weighted by molar-refractivity contribution is -0.471. The van der Waals surface area contributed by atoms with Crippen LogP contribution in [0.4, 0.5) is 0 Å². The molecule has 0 bridgehead atoms. The summed E-state index contributed by atoms with van der Waals surface area (Å²) in [6.45, 7) is 0. The molecule has 0 aliphatic heterocycles. The molecule has 17 heavy (non-hydrogen) atoms. The predicted molar refractivity (Wildman–Crippen MR) is 54.1 cm³/mol. The van der Waals surface area contributed by atoms with Crippen LogP contribution in [0, 0.1) is 0 Å². The third kappa shape index (κ3) is 4.97. The van der Waals surface area contributed by atoms with Crippen LogP contribution in [0.1, 0.15) is 20.8 Å². The molecule has 8 N–H and O–H groups in total. The van der Waals surface area contributed by atoms with Crippen molar-refractivity contribution in [3.05, 3.63) is 29.6 Å². The van der Waals surface area contributed by atoms with Crippen molar-refractivity contribution in [2.24, 2.45) is 17.3 Å². The number of carboxylic acid groups (broad SMARTS) is 2. The van der Waals surface area contributed by atoms with Crippen LogP contribution in [0.5, 0.6) is 0 Å². The van der Waals surface area contributed by atoms with E-state index in [1.54, 1.807) is 0 Å². The summed E-state index contributed by atoms with van der Waals surface area (Å²) in [4.78, 5) is 24.1. The van der Waals surface area contributed by atoms with Crippen molar-refractivity contribution in [1.29, 1.82) is 0 Å². The van der Waals surface area contributed by atoms with Crippen LogP contribution in [0.3, 0.4) is 0 Å². The molecule has 0 fully saturated rings. The number of carbonyl (C=O) groups is 2. The lowest BCUT2D eigenvalue weighted by atomic mass is 10.2. The Labute approximate surface area is 95.5 Å². The minimum Gasteiger partial charge on any atom is -0.545 e. The number of nitrogens with two attached hydrogens (primary N) is 3. The summed E-state index contributed by atoms with van der Waals surface area (Å²) in [5.41, 5.74) is 8.59. The second kappa shape index (κ2) is 6.61. The van der Waals surface area contributed by atoms with Gasteiger partial charge in [0, 0.05) is 11.8 Å². The normalized spacial score (nSPS) is 8.47. The molecular weight excluding hydrogens is 230 g/mol. The monoisotopic (exact) mass is 241 g/mol. The van der Waals surface area contributed by atoms with E-state index in [-0.39, 0.29) is 5.96 Å². The molecule has 92 valence electrons. The second-order valence-electron chi connectivity index (χ2n) is 2.59. The van der Waals surface area contributed by atoms with Crippen molar-refractivity contribution < 1.29 is 24.9 Å². The molecule has 1 aromatic heterocycles. The van der Waals surface area contributed by atoms with E-state index in [0.29, 0.717) is 0 Å². The van der Waals surface area contributed by atoms with Gasteiger partial charge in [0.15, 0.2) is 5.69 Å². The van der Waals surface area contributed by atoms with E-state index >= 15 is 0 Å². The number of nitrogens with zero attached hydrogens (tertiary/aromatic N) is 1. The summed E-state index contributed by atoms with van der Waals surface area (Å²) >= 11 is 0. The summed E-state index contributed by atoms with van der Waals surface area (Å²) in [7, 11) is 0. The van der Waals surface area contributed by atoms with E-state index in [1.165, 1.54) is 12.3 Å². The van der Waals surface area contributed by atoms with Crippen LogP contribution in [0.15, 0.2) is 18.3 Å². The number of carboxylic acids is 2. The largest absolute Gasteiger partial charge is 0.545 e. The number of aromatic carboxylic acids is 2. The summed E-state index contributed by atoms with van der Waals surface area (Å²) < 4.78 is 0. The Morgan fingerprint density at radius 1 is 1.41 bits per heavy atom. The van der Waals surface area contributed by atoms with Gasteiger partial charge in [0.05, 0.1) is 5.97 Å². The Balaban J connectivity index is 0.000000437. The molecule has 0 aliphatic rings. The van der Waals surface area contributed by atoms with Crippen molar-refractivity contribution in [2.45, 2.75) is 0 Å². The Kier molecular flexibility index (Phi) is 5.50. The number of nitrogens with one attached hydrogen (secondary N) is 1. The molecule has 1 heterocycles. The first kappa shape index (κ1) is 14.2. The van der Waals surface area contributed by atoms with Gasteiger partial charge in [-0.05, 0) is 12.1 Å². The Morgan fingerprint density at radius 3 is 2.24 bits per heavy atom. The maximum Gasteiger partial charge on any atom is 0.360 e. The first-order valence-electron chi connectivity index (χ1n) is 4.14. The van der Waals surface area contributed by atoms with Gasteiger partial charge in [-0.3, -0.25) is 17.3 Å². The molecule has 1 rings (SSSR count). The minimum atomic E-state index is -1.54. The summed E-state index contributed by atoms with van der Waals surface area (Å²) in [5.74, 6) is 1.75. The van der Waals surface area contributed by atoms with Gasteiger partial charge < -0.3 is 15.0 Å². The van der Waals surface area contributed by atoms with Gasteiger partial charge in [-0.2, -0.15) is 5.10 Å². The van der Waals surface area contributed by atoms with E-state index in [4.69, 9.17) is 16.6 Å². The molecule has 0 saturated heterocycles. The van der Waals surface area contributed by atoms with Crippen molar-refractivity contribution >= 4 is 17.9 Å². The zero-order valence-corrected chi connectivity index (χ0v) is 8.58. The number of hydrogen-bond acceptors (Lipinski definition) is 5. The highest BCUT2D eigenvalue weighted by Gasteiger charge is 2.10. The first-order valence-corrected chi connectivity index (χ1v) is 4.14. The van der Waals surface area contributed by atoms with Gasteiger partial charge in [-0.1, -0.05) is 0 Å². The average molecular weight is 241 g/mol. The molecule has 9 heteroatoms. The molecule has 0 saturated carbocycles. The van der Waals surface area contributed by atoms with Gasteiger partial charge in [0.1, 0.15) is 0 Å². The first-order chi connectivity index (χ1) is 7.90. The maximum absolute atomic E-state index is 10.4. The van der Waals surface area contributed by atoms with Crippen LogP contribution >= 0.6 is 0 Å². The number of pyridine rings is 1. The number of guanidine groups is 1. The molecule has 0 amide bonds. The van der Waals surface area contributed by atoms with Crippen LogP contribution in [-0.4, -0.2) is 28.0 Å². The van der Waals surface area contributed by atoms with Crippen molar-refractivity contribution in [3.63, 3.8) is 0 Å². The van der Waals surface area contributed by atoms with Crippen LogP contribution in [-0.2, 0) is 0 Å². The number of carbonyl (C=O) groups excluding carboxylic acids is 1. The van der Waals surface area contributed by atoms with Gasteiger partial charge in [0.2, 0.25) is 0 Å². The average Bonchev–Trinajstić information content (AvgIpc) is 2.29. The standard InChI is InChI=1S/C7H5NO4.CH6N4/c9-6(10)4-2-1-3-8-5(4)7(11)12;2-1(3)5-4/h1-3H,(H,9,10)(H,11,12);4H2,(H4,2,3,5). The molecule has 0 atom stereocenters. The summed E-state index contributed by atoms with van der Waals surface area (Å²) in [5, 5.41) is 20.8. The number of hydrogen-bond donors (Lipinski definition) is 5. The van der Waals surface area contributed by atoms with Crippen molar-refractivity contribution in [2.75, 3.05) is 0 Å². The molecule has 0 unspecified atom stereocenters. The number of aromatic nitrogens is 1. The number of hydrazone groups is 1. The highest BCUT2D eigenvalue weighted by molar-refractivity contribution is 5.99. The Morgan fingerprint density at radius 2 is 1.94 bits per heavy atom. The third-order valence-electron chi connectivity index (χ3n) is 1.40. The second-order valence-corrected chi connectivity index (χ2v) is 2.59. The number of hydrazine groups is 1. The summed E-state index contributed by atoms with van der Waals surface area (Å²) in [6.07, 6.45) is 1.20. The van der Waals surface area contributed by atoms with E-state index in [1.807, 2.05) is 5.10 Å². The zero-order chi connectivity index (χ0) is 13.4. The van der Waals surface area contributed by atoms with E-state index in [0.717, 1.165) is 6.07 Å². The lowest BCUT2D eigenvalue weighted by Gasteiger charge is -2.03. The van der Waals surface area contributed by atoms with E-state index < -0.39 is 23.2 Å². The number of rotatable bonds is 2. The van der Waals surface area contributed by atoms with E-state index in [2.05, 4.69) is 10.8 Å². The maximum atomic E-state index is 10.4. The molecule has 0 radical (unpaired) electrons. The zero-order valence-electron chi connectivity index (χ0n) is 8.58. The van der Waals surface area contributed by atoms with Crippen molar-refractivity contribution in [3.8, 4) is 0 Å². The van der Waals surface area contributed by atoms with Crippen LogP contribution < -0.4 is 27.5 Å². The fraction of sp³-hybridized carbons (Fsp3) is 0. The molecule has 1 aromatic rings. The van der Waals surface area contributed by atoms with Gasteiger partial charge in [-0.25, -0.2) is 9.78 Å². The third-order valence-corrected chi connectivity index (χ3v) is 1.40. The Bertz CT molecular complexity index is 408. The lowest BCUT2D eigenvalue weighted by Crippen LogP contribution is -2.84. The van der Waals surface area contributed by atoms with Crippen LogP contribution in [0.2, 0.25) is 0 Å². The van der Waals surface area contributed by atoms with Gasteiger partial charge in [0.25, 0.3) is 0 Å². The molecule has 0 spiro atoms. The van der Waals surface area contributed by atoms with Crippen LogP contribution in [0.25, 0.3) is 0 Å². The molecule has 0 aliphatic carbocycles. The minimum absolute atomic E-state index is 0.0324. The molecular formula is C8H11N5O4. The Hall–Kier alpha value is -2.84. The topological polar surface area (TPSA) is 182 Å².